The fraction of sp³-hybridized carbons (Fsp3) is 0.900. The van der Waals surface area contributed by atoms with Crippen LogP contribution in [0.5, 0.6) is 0 Å². The van der Waals surface area contributed by atoms with E-state index in [4.69, 9.17) is 10.8 Å². The highest BCUT2D eigenvalue weighted by molar-refractivity contribution is 5.67. The van der Waals surface area contributed by atoms with Crippen LogP contribution < -0.4 is 5.73 Å². The summed E-state index contributed by atoms with van der Waals surface area (Å²) in [5.41, 5.74) is 5.79. The van der Waals surface area contributed by atoms with Crippen molar-refractivity contribution in [1.29, 1.82) is 0 Å². The number of rotatable bonds is 7. The van der Waals surface area contributed by atoms with E-state index < -0.39 is 5.97 Å². The highest BCUT2D eigenvalue weighted by Gasteiger charge is 2.17. The van der Waals surface area contributed by atoms with Crippen LogP contribution in [0.2, 0.25) is 0 Å². The summed E-state index contributed by atoms with van der Waals surface area (Å²) in [6.07, 6.45) is 4.43. The number of aliphatic carboxylic acids is 1. The maximum atomic E-state index is 10.4. The van der Waals surface area contributed by atoms with Crippen LogP contribution in [0.3, 0.4) is 0 Å². The Morgan fingerprint density at radius 3 is 2.46 bits per heavy atom. The fourth-order valence-electron chi connectivity index (χ4n) is 1.56. The lowest BCUT2D eigenvalue weighted by Gasteiger charge is -2.20. The first-order chi connectivity index (χ1) is 6.11. The molecule has 3 N–H and O–H groups in total. The summed E-state index contributed by atoms with van der Waals surface area (Å²) in [4.78, 5) is 10.4. The van der Waals surface area contributed by atoms with E-state index >= 15 is 0 Å². The highest BCUT2D eigenvalue weighted by Crippen LogP contribution is 2.17. The van der Waals surface area contributed by atoms with Gasteiger partial charge in [-0.2, -0.15) is 0 Å². The molecule has 0 aliphatic carbocycles. The van der Waals surface area contributed by atoms with Crippen molar-refractivity contribution in [3.63, 3.8) is 0 Å². The van der Waals surface area contributed by atoms with Crippen LogP contribution in [-0.2, 0) is 4.79 Å². The first-order valence-electron chi connectivity index (χ1n) is 5.09. The van der Waals surface area contributed by atoms with Crippen LogP contribution in [0.25, 0.3) is 0 Å². The lowest BCUT2D eigenvalue weighted by molar-refractivity contribution is -0.137. The Morgan fingerprint density at radius 1 is 1.46 bits per heavy atom. The Balaban J connectivity index is 3.83. The van der Waals surface area contributed by atoms with E-state index in [1.165, 1.54) is 0 Å². The number of hydrogen-bond donors (Lipinski definition) is 2. The maximum Gasteiger partial charge on any atom is 0.304 e. The van der Waals surface area contributed by atoms with Gasteiger partial charge in [-0.15, -0.1) is 0 Å². The van der Waals surface area contributed by atoms with Gasteiger partial charge in [0, 0.05) is 6.04 Å². The molecule has 3 nitrogen and oxygen atoms in total. The van der Waals surface area contributed by atoms with Gasteiger partial charge in [0.15, 0.2) is 0 Å². The minimum absolute atomic E-state index is 0.0994. The van der Waals surface area contributed by atoms with Crippen molar-refractivity contribution in [2.45, 2.75) is 52.0 Å². The topological polar surface area (TPSA) is 63.3 Å². The van der Waals surface area contributed by atoms with Gasteiger partial charge in [-0.05, 0) is 12.3 Å². The van der Waals surface area contributed by atoms with Crippen LogP contribution in [0.4, 0.5) is 0 Å². The zero-order valence-corrected chi connectivity index (χ0v) is 8.62. The molecule has 2 atom stereocenters. The second-order valence-corrected chi connectivity index (χ2v) is 3.57. The van der Waals surface area contributed by atoms with Crippen LogP contribution in [-0.4, -0.2) is 17.1 Å². The summed E-state index contributed by atoms with van der Waals surface area (Å²) in [7, 11) is 0. The van der Waals surface area contributed by atoms with Gasteiger partial charge in [0.1, 0.15) is 0 Å². The third-order valence-corrected chi connectivity index (χ3v) is 2.47. The van der Waals surface area contributed by atoms with Gasteiger partial charge in [-0.3, -0.25) is 4.79 Å². The number of carboxylic acids is 1. The molecule has 78 valence electrons. The molecule has 0 spiro atoms. The van der Waals surface area contributed by atoms with Crippen molar-refractivity contribution in [3.05, 3.63) is 0 Å². The van der Waals surface area contributed by atoms with Crippen LogP contribution >= 0.6 is 0 Å². The molecule has 0 saturated carbocycles. The maximum absolute atomic E-state index is 10.4. The van der Waals surface area contributed by atoms with Crippen molar-refractivity contribution in [1.82, 2.24) is 0 Å². The molecule has 0 aromatic rings. The van der Waals surface area contributed by atoms with Crippen molar-refractivity contribution in [3.8, 4) is 0 Å². The quantitative estimate of drug-likeness (QED) is 0.640. The molecule has 0 aliphatic rings. The van der Waals surface area contributed by atoms with Gasteiger partial charge < -0.3 is 10.8 Å². The SMILES string of the molecule is CCCC[C@@H](CC)[C@H](N)CC(=O)O. The normalized spacial score (nSPS) is 15.3. The first-order valence-corrected chi connectivity index (χ1v) is 5.09. The van der Waals surface area contributed by atoms with E-state index in [1.807, 2.05) is 0 Å². The molecular formula is C10H21NO2. The Hall–Kier alpha value is -0.570. The van der Waals surface area contributed by atoms with Gasteiger partial charge in [0.25, 0.3) is 0 Å². The molecule has 0 heterocycles. The zero-order valence-electron chi connectivity index (χ0n) is 8.62. The second-order valence-electron chi connectivity index (χ2n) is 3.57. The average molecular weight is 187 g/mol. The van der Waals surface area contributed by atoms with Crippen molar-refractivity contribution >= 4 is 5.97 Å². The van der Waals surface area contributed by atoms with Crippen LogP contribution in [0, 0.1) is 5.92 Å². The molecular weight excluding hydrogens is 166 g/mol. The van der Waals surface area contributed by atoms with E-state index in [9.17, 15) is 4.79 Å². The van der Waals surface area contributed by atoms with E-state index in [1.54, 1.807) is 0 Å². The summed E-state index contributed by atoms with van der Waals surface area (Å²) < 4.78 is 0. The van der Waals surface area contributed by atoms with Gasteiger partial charge >= 0.3 is 5.97 Å². The minimum atomic E-state index is -0.789. The molecule has 0 radical (unpaired) electrons. The summed E-state index contributed by atoms with van der Waals surface area (Å²) in [5, 5.41) is 8.57. The van der Waals surface area contributed by atoms with E-state index in [0.717, 1.165) is 25.7 Å². The highest BCUT2D eigenvalue weighted by atomic mass is 16.4. The van der Waals surface area contributed by atoms with E-state index in [0.29, 0.717) is 5.92 Å². The van der Waals surface area contributed by atoms with Crippen LogP contribution in [0.15, 0.2) is 0 Å². The Labute approximate surface area is 80.3 Å². The number of hydrogen-bond acceptors (Lipinski definition) is 2. The molecule has 0 bridgehead atoms. The van der Waals surface area contributed by atoms with Crippen LogP contribution in [0.1, 0.15) is 46.0 Å². The number of nitrogens with two attached hydrogens (primary N) is 1. The molecule has 3 heteroatoms. The Bertz CT molecular complexity index is 148. The molecule has 0 fully saturated rings. The molecule has 0 saturated heterocycles. The summed E-state index contributed by atoms with van der Waals surface area (Å²) >= 11 is 0. The van der Waals surface area contributed by atoms with Crippen molar-refractivity contribution in [2.75, 3.05) is 0 Å². The molecule has 13 heavy (non-hydrogen) atoms. The summed E-state index contributed by atoms with van der Waals surface area (Å²) in [6, 6.07) is -0.172. The molecule has 0 aromatic heterocycles. The lowest BCUT2D eigenvalue weighted by atomic mass is 9.90. The smallest absolute Gasteiger partial charge is 0.304 e. The first kappa shape index (κ1) is 12.4. The lowest BCUT2D eigenvalue weighted by Crippen LogP contribution is -2.32. The molecule has 0 amide bonds. The zero-order chi connectivity index (χ0) is 10.3. The second kappa shape index (κ2) is 6.89. The summed E-state index contributed by atoms with van der Waals surface area (Å²) in [5.74, 6) is -0.418. The summed E-state index contributed by atoms with van der Waals surface area (Å²) in [6.45, 7) is 4.21. The van der Waals surface area contributed by atoms with Gasteiger partial charge in [-0.1, -0.05) is 33.1 Å². The Morgan fingerprint density at radius 2 is 2.08 bits per heavy atom. The molecule has 0 rings (SSSR count). The predicted molar refractivity (Wildman–Crippen MR) is 53.5 cm³/mol. The number of carboxylic acid groups (broad SMARTS) is 1. The monoisotopic (exact) mass is 187 g/mol. The van der Waals surface area contributed by atoms with E-state index in [-0.39, 0.29) is 12.5 Å². The fourth-order valence-corrected chi connectivity index (χ4v) is 1.56. The third kappa shape index (κ3) is 5.64. The minimum Gasteiger partial charge on any atom is -0.481 e. The average Bonchev–Trinajstić information content (AvgIpc) is 2.04. The van der Waals surface area contributed by atoms with Crippen molar-refractivity contribution in [2.24, 2.45) is 11.7 Å². The van der Waals surface area contributed by atoms with Gasteiger partial charge in [0.05, 0.1) is 6.42 Å². The molecule has 0 aromatic carbocycles. The standard InChI is InChI=1S/C10H21NO2/c1-3-5-6-8(4-2)9(11)7-10(12)13/h8-9H,3-7,11H2,1-2H3,(H,12,13)/t8-,9-/m1/s1. The number of unbranched alkanes of at least 4 members (excludes halogenated alkanes) is 1. The predicted octanol–water partition coefficient (Wildman–Crippen LogP) is 2.00. The van der Waals surface area contributed by atoms with Gasteiger partial charge in [0.2, 0.25) is 0 Å². The molecule has 0 unspecified atom stereocenters. The third-order valence-electron chi connectivity index (χ3n) is 2.47. The van der Waals surface area contributed by atoms with E-state index in [2.05, 4.69) is 13.8 Å². The Kier molecular flexibility index (Phi) is 6.59. The number of carbonyl (C=O) groups is 1. The van der Waals surface area contributed by atoms with Gasteiger partial charge in [-0.25, -0.2) is 0 Å². The largest absolute Gasteiger partial charge is 0.481 e. The molecule has 0 aliphatic heterocycles. The van der Waals surface area contributed by atoms with Crippen molar-refractivity contribution < 1.29 is 9.90 Å².